The fraction of sp³-hybridized carbons (Fsp3) is 0.471. The Balaban J connectivity index is 1.95. The molecule has 0 aliphatic heterocycles. The first kappa shape index (κ1) is 17.6. The van der Waals surface area contributed by atoms with Crippen molar-refractivity contribution in [1.29, 1.82) is 0 Å². The molecule has 1 aromatic carbocycles. The first-order valence-corrected chi connectivity index (χ1v) is 8.86. The zero-order valence-electron chi connectivity index (χ0n) is 14.0. The van der Waals surface area contributed by atoms with Crippen LogP contribution in [0.2, 0.25) is 0 Å². The lowest BCUT2D eigenvalue weighted by molar-refractivity contribution is -0.117. The van der Waals surface area contributed by atoms with E-state index in [4.69, 9.17) is 0 Å². The van der Waals surface area contributed by atoms with Crippen molar-refractivity contribution in [3.05, 3.63) is 29.8 Å². The van der Waals surface area contributed by atoms with Crippen LogP contribution in [0, 0.1) is 6.92 Å². The summed E-state index contributed by atoms with van der Waals surface area (Å²) in [6, 6.07) is 8.13. The molecule has 0 saturated carbocycles. The quantitative estimate of drug-likeness (QED) is 0.803. The average molecular weight is 332 g/mol. The minimum absolute atomic E-state index is 0.0292. The highest BCUT2D eigenvalue weighted by molar-refractivity contribution is 7.18. The van der Waals surface area contributed by atoms with Gasteiger partial charge < -0.3 is 0 Å². The molecule has 5 nitrogen and oxygen atoms in total. The molecule has 2 rings (SSSR count). The molecule has 23 heavy (non-hydrogen) atoms. The molecule has 124 valence electrons. The number of anilines is 1. The summed E-state index contributed by atoms with van der Waals surface area (Å²) in [7, 11) is 0. The SMILES string of the molecule is CCCN(CCC)CC(=O)Nc1nnc(-c2ccc(C)cc2)s1. The zero-order valence-corrected chi connectivity index (χ0v) is 14.8. The summed E-state index contributed by atoms with van der Waals surface area (Å²) in [5, 5.41) is 12.5. The molecule has 0 fully saturated rings. The minimum Gasteiger partial charge on any atom is -0.299 e. The van der Waals surface area contributed by atoms with E-state index >= 15 is 0 Å². The number of hydrogen-bond acceptors (Lipinski definition) is 5. The van der Waals surface area contributed by atoms with Crippen molar-refractivity contribution >= 4 is 22.4 Å². The van der Waals surface area contributed by atoms with Crippen molar-refractivity contribution in [2.45, 2.75) is 33.6 Å². The Morgan fingerprint density at radius 2 is 1.78 bits per heavy atom. The van der Waals surface area contributed by atoms with Gasteiger partial charge in [-0.05, 0) is 32.9 Å². The predicted molar refractivity (Wildman–Crippen MR) is 95.7 cm³/mol. The molecule has 2 aromatic rings. The van der Waals surface area contributed by atoms with Gasteiger partial charge in [0.05, 0.1) is 6.54 Å². The Labute approximate surface area is 141 Å². The van der Waals surface area contributed by atoms with Crippen LogP contribution in [0.4, 0.5) is 5.13 Å². The Hall–Kier alpha value is -1.79. The van der Waals surface area contributed by atoms with E-state index in [0.717, 1.165) is 36.5 Å². The maximum Gasteiger partial charge on any atom is 0.240 e. The lowest BCUT2D eigenvalue weighted by Crippen LogP contribution is -2.34. The van der Waals surface area contributed by atoms with Gasteiger partial charge >= 0.3 is 0 Å². The van der Waals surface area contributed by atoms with Crippen LogP contribution < -0.4 is 5.32 Å². The summed E-state index contributed by atoms with van der Waals surface area (Å²) in [5.41, 5.74) is 2.23. The number of carbonyl (C=O) groups is 1. The Bertz CT molecular complexity index is 618. The molecular weight excluding hydrogens is 308 g/mol. The molecule has 1 aromatic heterocycles. The van der Waals surface area contributed by atoms with Crippen LogP contribution in [0.1, 0.15) is 32.3 Å². The van der Waals surface area contributed by atoms with Gasteiger partial charge in [0.2, 0.25) is 11.0 Å². The van der Waals surface area contributed by atoms with Crippen LogP contribution in [0.25, 0.3) is 10.6 Å². The molecule has 0 bridgehead atoms. The average Bonchev–Trinajstić information content (AvgIpc) is 2.96. The second kappa shape index (κ2) is 8.74. The molecule has 1 amide bonds. The number of nitrogens with one attached hydrogen (secondary N) is 1. The monoisotopic (exact) mass is 332 g/mol. The van der Waals surface area contributed by atoms with Gasteiger partial charge in [0.1, 0.15) is 5.01 Å². The number of aromatic nitrogens is 2. The van der Waals surface area contributed by atoms with Crippen molar-refractivity contribution in [1.82, 2.24) is 15.1 Å². The van der Waals surface area contributed by atoms with Crippen molar-refractivity contribution in [3.63, 3.8) is 0 Å². The van der Waals surface area contributed by atoms with Gasteiger partial charge in [-0.1, -0.05) is 55.0 Å². The number of benzene rings is 1. The normalized spacial score (nSPS) is 11.0. The summed E-state index contributed by atoms with van der Waals surface area (Å²) < 4.78 is 0. The summed E-state index contributed by atoms with van der Waals surface area (Å²) in [4.78, 5) is 14.3. The van der Waals surface area contributed by atoms with Crippen LogP contribution in [0.3, 0.4) is 0 Å². The fourth-order valence-corrected chi connectivity index (χ4v) is 3.12. The fourth-order valence-electron chi connectivity index (χ4n) is 2.35. The Morgan fingerprint density at radius 3 is 2.39 bits per heavy atom. The molecule has 0 spiro atoms. The van der Waals surface area contributed by atoms with E-state index in [9.17, 15) is 4.79 Å². The van der Waals surface area contributed by atoms with E-state index < -0.39 is 0 Å². The van der Waals surface area contributed by atoms with Crippen LogP contribution in [-0.4, -0.2) is 40.6 Å². The van der Waals surface area contributed by atoms with Crippen molar-refractivity contribution < 1.29 is 4.79 Å². The van der Waals surface area contributed by atoms with Crippen molar-refractivity contribution in [2.75, 3.05) is 25.0 Å². The molecule has 0 atom stereocenters. The third-order valence-corrected chi connectivity index (χ3v) is 4.30. The van der Waals surface area contributed by atoms with E-state index in [1.807, 2.05) is 31.2 Å². The standard InChI is InChI=1S/C17H24N4OS/c1-4-10-21(11-5-2)12-15(22)18-17-20-19-16(23-17)14-8-6-13(3)7-9-14/h6-9H,4-5,10-12H2,1-3H3,(H,18,20,22). The maximum absolute atomic E-state index is 12.1. The predicted octanol–water partition coefficient (Wildman–Crippen LogP) is 3.57. The number of nitrogens with zero attached hydrogens (tertiary/aromatic N) is 3. The van der Waals surface area contributed by atoms with Gasteiger partial charge in [0.25, 0.3) is 0 Å². The van der Waals surface area contributed by atoms with Gasteiger partial charge in [-0.3, -0.25) is 15.0 Å². The summed E-state index contributed by atoms with van der Waals surface area (Å²) in [6.07, 6.45) is 2.09. The second-order valence-corrected chi connectivity index (χ2v) is 6.58. The molecule has 1 heterocycles. The topological polar surface area (TPSA) is 58.1 Å². The zero-order chi connectivity index (χ0) is 16.7. The summed E-state index contributed by atoms with van der Waals surface area (Å²) in [5.74, 6) is -0.0292. The highest BCUT2D eigenvalue weighted by Gasteiger charge is 2.12. The molecule has 0 aliphatic rings. The van der Waals surface area contributed by atoms with Gasteiger partial charge in [0, 0.05) is 5.56 Å². The first-order chi connectivity index (χ1) is 11.1. The van der Waals surface area contributed by atoms with E-state index in [2.05, 4.69) is 34.3 Å². The minimum atomic E-state index is -0.0292. The molecule has 0 aliphatic carbocycles. The number of amides is 1. The number of aryl methyl sites for hydroxylation is 1. The Kier molecular flexibility index (Phi) is 6.67. The van der Waals surface area contributed by atoms with Gasteiger partial charge in [-0.25, -0.2) is 0 Å². The summed E-state index contributed by atoms with van der Waals surface area (Å²) in [6.45, 7) is 8.57. The van der Waals surface area contributed by atoms with Crippen LogP contribution in [0.5, 0.6) is 0 Å². The highest BCUT2D eigenvalue weighted by Crippen LogP contribution is 2.26. The number of carbonyl (C=O) groups excluding carboxylic acids is 1. The highest BCUT2D eigenvalue weighted by atomic mass is 32.1. The van der Waals surface area contributed by atoms with Gasteiger partial charge in [0.15, 0.2) is 0 Å². The molecule has 0 saturated heterocycles. The smallest absolute Gasteiger partial charge is 0.240 e. The van der Waals surface area contributed by atoms with E-state index in [1.54, 1.807) is 0 Å². The Morgan fingerprint density at radius 1 is 1.13 bits per heavy atom. The molecule has 6 heteroatoms. The summed E-state index contributed by atoms with van der Waals surface area (Å²) >= 11 is 1.40. The van der Waals surface area contributed by atoms with Gasteiger partial charge in [-0.2, -0.15) is 0 Å². The van der Waals surface area contributed by atoms with E-state index in [0.29, 0.717) is 11.7 Å². The number of hydrogen-bond donors (Lipinski definition) is 1. The van der Waals surface area contributed by atoms with E-state index in [1.165, 1.54) is 16.9 Å². The number of rotatable bonds is 8. The van der Waals surface area contributed by atoms with Gasteiger partial charge in [-0.15, -0.1) is 10.2 Å². The largest absolute Gasteiger partial charge is 0.299 e. The molecule has 0 radical (unpaired) electrons. The molecular formula is C17H24N4OS. The third kappa shape index (κ3) is 5.41. The maximum atomic E-state index is 12.1. The third-order valence-electron chi connectivity index (χ3n) is 3.42. The molecule has 1 N–H and O–H groups in total. The van der Waals surface area contributed by atoms with Crippen LogP contribution in [-0.2, 0) is 4.79 Å². The van der Waals surface area contributed by atoms with Crippen molar-refractivity contribution in [2.24, 2.45) is 0 Å². The lowest BCUT2D eigenvalue weighted by atomic mass is 10.2. The van der Waals surface area contributed by atoms with E-state index in [-0.39, 0.29) is 5.91 Å². The second-order valence-electron chi connectivity index (χ2n) is 5.60. The molecule has 0 unspecified atom stereocenters. The first-order valence-electron chi connectivity index (χ1n) is 8.05. The van der Waals surface area contributed by atoms with Crippen molar-refractivity contribution in [3.8, 4) is 10.6 Å². The lowest BCUT2D eigenvalue weighted by Gasteiger charge is -2.19. The van der Waals surface area contributed by atoms with Crippen LogP contribution in [0.15, 0.2) is 24.3 Å². The van der Waals surface area contributed by atoms with Crippen LogP contribution >= 0.6 is 11.3 Å².